The summed E-state index contributed by atoms with van der Waals surface area (Å²) in [7, 11) is 1.79. The van der Waals surface area contributed by atoms with Crippen LogP contribution in [0.25, 0.3) is 0 Å². The van der Waals surface area contributed by atoms with E-state index >= 15 is 0 Å². The average molecular weight is 329 g/mol. The summed E-state index contributed by atoms with van der Waals surface area (Å²) in [6.07, 6.45) is 1.54. The van der Waals surface area contributed by atoms with Crippen molar-refractivity contribution in [1.29, 1.82) is 0 Å². The summed E-state index contributed by atoms with van der Waals surface area (Å²) in [5.41, 5.74) is 1.99. The highest BCUT2D eigenvalue weighted by molar-refractivity contribution is 9.10. The first-order valence-corrected chi connectivity index (χ1v) is 6.41. The summed E-state index contributed by atoms with van der Waals surface area (Å²) in [4.78, 5) is 12.1. The SMILES string of the molecule is Cc1c(C(=O)Nc2cccc(Cl)c2Br)cnn1C. The molecule has 1 amide bonds. The van der Waals surface area contributed by atoms with Gasteiger partial charge in [-0.3, -0.25) is 9.48 Å². The van der Waals surface area contributed by atoms with E-state index in [1.807, 2.05) is 6.92 Å². The lowest BCUT2D eigenvalue weighted by Gasteiger charge is -2.08. The van der Waals surface area contributed by atoms with Gasteiger partial charge in [-0.25, -0.2) is 0 Å². The third-order valence-corrected chi connectivity index (χ3v) is 4.08. The molecular weight excluding hydrogens is 318 g/mol. The van der Waals surface area contributed by atoms with E-state index in [9.17, 15) is 4.79 Å². The van der Waals surface area contributed by atoms with Gasteiger partial charge in [-0.15, -0.1) is 0 Å². The number of anilines is 1. The number of hydrogen-bond acceptors (Lipinski definition) is 2. The van der Waals surface area contributed by atoms with Crippen molar-refractivity contribution in [3.8, 4) is 0 Å². The molecule has 1 aromatic carbocycles. The summed E-state index contributed by atoms with van der Waals surface area (Å²) in [6.45, 7) is 1.84. The number of nitrogens with one attached hydrogen (secondary N) is 1. The fourth-order valence-electron chi connectivity index (χ4n) is 1.51. The predicted molar refractivity (Wildman–Crippen MR) is 75.1 cm³/mol. The van der Waals surface area contributed by atoms with Gasteiger partial charge in [0.1, 0.15) is 0 Å². The Bertz CT molecular complexity index is 609. The molecule has 0 aliphatic rings. The van der Waals surface area contributed by atoms with Gasteiger partial charge in [-0.05, 0) is 35.0 Å². The Balaban J connectivity index is 2.27. The number of nitrogens with zero attached hydrogens (tertiary/aromatic N) is 2. The maximum atomic E-state index is 12.1. The van der Waals surface area contributed by atoms with E-state index in [0.29, 0.717) is 20.7 Å². The highest BCUT2D eigenvalue weighted by Gasteiger charge is 2.14. The smallest absolute Gasteiger partial charge is 0.259 e. The summed E-state index contributed by atoms with van der Waals surface area (Å²) >= 11 is 9.30. The summed E-state index contributed by atoms with van der Waals surface area (Å²) in [5, 5.41) is 7.39. The zero-order valence-electron chi connectivity index (χ0n) is 9.87. The Morgan fingerprint density at radius 2 is 2.22 bits per heavy atom. The number of aromatic nitrogens is 2. The van der Waals surface area contributed by atoms with Crippen molar-refractivity contribution in [2.24, 2.45) is 7.05 Å². The third kappa shape index (κ3) is 2.42. The van der Waals surface area contributed by atoms with Gasteiger partial charge in [0.2, 0.25) is 0 Å². The average Bonchev–Trinajstić information content (AvgIpc) is 2.66. The molecule has 94 valence electrons. The molecule has 0 atom stereocenters. The minimum atomic E-state index is -0.205. The second-order valence-corrected chi connectivity index (χ2v) is 5.02. The van der Waals surface area contributed by atoms with Crippen LogP contribution in [0.1, 0.15) is 16.1 Å². The Morgan fingerprint density at radius 3 is 2.83 bits per heavy atom. The van der Waals surface area contributed by atoms with E-state index in [1.54, 1.807) is 36.1 Å². The molecule has 0 saturated carbocycles. The summed E-state index contributed by atoms with van der Waals surface area (Å²) in [6, 6.07) is 5.30. The number of amides is 1. The number of rotatable bonds is 2. The monoisotopic (exact) mass is 327 g/mol. The molecule has 0 unspecified atom stereocenters. The second kappa shape index (κ2) is 5.12. The zero-order chi connectivity index (χ0) is 13.3. The maximum absolute atomic E-state index is 12.1. The van der Waals surface area contributed by atoms with Gasteiger partial charge in [0.15, 0.2) is 0 Å². The first kappa shape index (κ1) is 13.1. The van der Waals surface area contributed by atoms with Crippen molar-refractivity contribution < 1.29 is 4.79 Å². The van der Waals surface area contributed by atoms with Crippen LogP contribution in [-0.4, -0.2) is 15.7 Å². The standard InChI is InChI=1S/C12H11BrClN3O/c1-7-8(6-15-17(7)2)12(18)16-10-5-3-4-9(14)11(10)13/h3-6H,1-2H3,(H,16,18). The first-order valence-electron chi connectivity index (χ1n) is 5.24. The van der Waals surface area contributed by atoms with Crippen LogP contribution in [-0.2, 0) is 7.05 Å². The van der Waals surface area contributed by atoms with Crippen molar-refractivity contribution in [1.82, 2.24) is 9.78 Å². The van der Waals surface area contributed by atoms with E-state index in [2.05, 4.69) is 26.3 Å². The van der Waals surface area contributed by atoms with Crippen LogP contribution in [0.4, 0.5) is 5.69 Å². The Morgan fingerprint density at radius 1 is 1.50 bits per heavy atom. The molecule has 18 heavy (non-hydrogen) atoms. The van der Waals surface area contributed by atoms with E-state index in [1.165, 1.54) is 0 Å². The molecular formula is C12H11BrClN3O. The van der Waals surface area contributed by atoms with E-state index in [4.69, 9.17) is 11.6 Å². The molecule has 0 bridgehead atoms. The van der Waals surface area contributed by atoms with Gasteiger partial charge in [0, 0.05) is 12.7 Å². The van der Waals surface area contributed by atoms with Crippen LogP contribution >= 0.6 is 27.5 Å². The normalized spacial score (nSPS) is 10.4. The minimum absolute atomic E-state index is 0.205. The lowest BCUT2D eigenvalue weighted by Crippen LogP contribution is -2.13. The predicted octanol–water partition coefficient (Wildman–Crippen LogP) is 3.40. The molecule has 4 nitrogen and oxygen atoms in total. The van der Waals surface area contributed by atoms with Gasteiger partial charge >= 0.3 is 0 Å². The van der Waals surface area contributed by atoms with Crippen molar-refractivity contribution in [2.75, 3.05) is 5.32 Å². The van der Waals surface area contributed by atoms with Crippen molar-refractivity contribution >= 4 is 39.1 Å². The number of carbonyl (C=O) groups excluding carboxylic acids is 1. The molecule has 2 rings (SSSR count). The first-order chi connectivity index (χ1) is 8.50. The van der Waals surface area contributed by atoms with Crippen LogP contribution < -0.4 is 5.32 Å². The number of aryl methyl sites for hydroxylation is 1. The summed E-state index contributed by atoms with van der Waals surface area (Å²) < 4.78 is 2.32. The molecule has 1 aromatic heterocycles. The molecule has 0 aliphatic carbocycles. The van der Waals surface area contributed by atoms with Gasteiger partial charge in [-0.2, -0.15) is 5.10 Å². The molecule has 0 fully saturated rings. The van der Waals surface area contributed by atoms with Crippen molar-refractivity contribution in [2.45, 2.75) is 6.92 Å². The molecule has 0 aliphatic heterocycles. The molecule has 2 aromatic rings. The second-order valence-electron chi connectivity index (χ2n) is 3.82. The van der Waals surface area contributed by atoms with Crippen molar-refractivity contribution in [3.05, 3.63) is 45.1 Å². The molecule has 0 spiro atoms. The highest BCUT2D eigenvalue weighted by atomic mass is 79.9. The van der Waals surface area contributed by atoms with Crippen LogP contribution in [0.2, 0.25) is 5.02 Å². The Hall–Kier alpha value is -1.33. The van der Waals surface area contributed by atoms with E-state index in [-0.39, 0.29) is 5.91 Å². The topological polar surface area (TPSA) is 46.9 Å². The molecule has 1 N–H and O–H groups in total. The quantitative estimate of drug-likeness (QED) is 0.918. The van der Waals surface area contributed by atoms with E-state index < -0.39 is 0 Å². The van der Waals surface area contributed by atoms with Gasteiger partial charge in [0.25, 0.3) is 5.91 Å². The Labute approximate surface area is 118 Å². The van der Waals surface area contributed by atoms with E-state index in [0.717, 1.165) is 5.69 Å². The third-order valence-electron chi connectivity index (χ3n) is 2.68. The highest BCUT2D eigenvalue weighted by Crippen LogP contribution is 2.30. The number of halogens is 2. The van der Waals surface area contributed by atoms with Gasteiger partial charge in [-0.1, -0.05) is 17.7 Å². The van der Waals surface area contributed by atoms with Crippen molar-refractivity contribution in [3.63, 3.8) is 0 Å². The molecule has 0 saturated heterocycles. The van der Waals surface area contributed by atoms with Gasteiger partial charge in [0.05, 0.1) is 26.9 Å². The largest absolute Gasteiger partial charge is 0.321 e. The number of hydrogen-bond donors (Lipinski definition) is 1. The number of benzene rings is 1. The van der Waals surface area contributed by atoms with Crippen LogP contribution in [0.15, 0.2) is 28.9 Å². The maximum Gasteiger partial charge on any atom is 0.259 e. The fourth-order valence-corrected chi connectivity index (χ4v) is 2.05. The van der Waals surface area contributed by atoms with Crippen LogP contribution in [0.5, 0.6) is 0 Å². The molecule has 0 radical (unpaired) electrons. The van der Waals surface area contributed by atoms with Crippen LogP contribution in [0.3, 0.4) is 0 Å². The lowest BCUT2D eigenvalue weighted by molar-refractivity contribution is 0.102. The minimum Gasteiger partial charge on any atom is -0.321 e. The summed E-state index contributed by atoms with van der Waals surface area (Å²) in [5.74, 6) is -0.205. The fraction of sp³-hybridized carbons (Fsp3) is 0.167. The molecule has 6 heteroatoms. The lowest BCUT2D eigenvalue weighted by atomic mass is 10.2. The molecule has 1 heterocycles. The zero-order valence-corrected chi connectivity index (χ0v) is 12.2. The number of carbonyl (C=O) groups is 1. The van der Waals surface area contributed by atoms with Crippen LogP contribution in [0, 0.1) is 6.92 Å². The Kier molecular flexibility index (Phi) is 3.73. The van der Waals surface area contributed by atoms with Gasteiger partial charge < -0.3 is 5.32 Å².